The Morgan fingerprint density at radius 1 is 1.35 bits per heavy atom. The fourth-order valence-corrected chi connectivity index (χ4v) is 1.73. The quantitative estimate of drug-likeness (QED) is 0.815. The summed E-state index contributed by atoms with van der Waals surface area (Å²) in [5.41, 5.74) is 1.24. The summed E-state index contributed by atoms with van der Waals surface area (Å²) in [5, 5.41) is 6.68. The maximum Gasteiger partial charge on any atom is 0.221 e. The summed E-state index contributed by atoms with van der Waals surface area (Å²) in [6.07, 6.45) is 1.45. The maximum atomic E-state index is 11.0. The minimum absolute atomic E-state index is 0.0659. The van der Waals surface area contributed by atoms with Crippen molar-refractivity contribution in [2.45, 2.75) is 25.8 Å². The van der Waals surface area contributed by atoms with Crippen molar-refractivity contribution in [3.63, 3.8) is 0 Å². The smallest absolute Gasteiger partial charge is 0.221 e. The first-order chi connectivity index (χ1) is 8.11. The average molecular weight is 255 g/mol. The van der Waals surface area contributed by atoms with E-state index in [-0.39, 0.29) is 5.91 Å². The predicted octanol–water partition coefficient (Wildman–Crippen LogP) is 2.00. The Morgan fingerprint density at radius 3 is 2.59 bits per heavy atom. The van der Waals surface area contributed by atoms with Crippen LogP contribution in [0.5, 0.6) is 0 Å². The van der Waals surface area contributed by atoms with E-state index in [2.05, 4.69) is 17.6 Å². The number of nitrogens with one attached hydrogen (secondary N) is 2. The van der Waals surface area contributed by atoms with Crippen molar-refractivity contribution in [3.05, 3.63) is 34.9 Å². The van der Waals surface area contributed by atoms with Crippen LogP contribution in [0.2, 0.25) is 5.02 Å². The molecule has 2 N–H and O–H groups in total. The Hall–Kier alpha value is -1.06. The Labute approximate surface area is 108 Å². The molecule has 0 saturated heterocycles. The summed E-state index contributed by atoms with van der Waals surface area (Å²) in [7, 11) is 1.65. The van der Waals surface area contributed by atoms with Crippen LogP contribution in [-0.2, 0) is 11.2 Å². The van der Waals surface area contributed by atoms with Gasteiger partial charge >= 0.3 is 0 Å². The summed E-state index contributed by atoms with van der Waals surface area (Å²) in [6.45, 7) is 2.81. The highest BCUT2D eigenvalue weighted by atomic mass is 35.5. The van der Waals surface area contributed by atoms with Crippen molar-refractivity contribution >= 4 is 17.5 Å². The second-order valence-electron chi connectivity index (χ2n) is 4.11. The van der Waals surface area contributed by atoms with Gasteiger partial charge < -0.3 is 10.6 Å². The SMILES string of the molecule is CNC(=O)CCNC(C)Cc1ccc(Cl)cc1. The average Bonchev–Trinajstić information content (AvgIpc) is 2.32. The topological polar surface area (TPSA) is 41.1 Å². The molecule has 3 nitrogen and oxygen atoms in total. The van der Waals surface area contributed by atoms with Gasteiger partial charge in [0.05, 0.1) is 0 Å². The lowest BCUT2D eigenvalue weighted by Gasteiger charge is -2.13. The van der Waals surface area contributed by atoms with Crippen molar-refractivity contribution in [1.29, 1.82) is 0 Å². The summed E-state index contributed by atoms with van der Waals surface area (Å²) < 4.78 is 0. The highest BCUT2D eigenvalue weighted by Gasteiger charge is 2.04. The van der Waals surface area contributed by atoms with Crippen LogP contribution in [0.25, 0.3) is 0 Å². The van der Waals surface area contributed by atoms with Gasteiger partial charge in [-0.1, -0.05) is 23.7 Å². The molecular weight excluding hydrogens is 236 g/mol. The first kappa shape index (κ1) is 14.0. The lowest BCUT2D eigenvalue weighted by molar-refractivity contribution is -0.120. The van der Waals surface area contributed by atoms with Crippen LogP contribution in [0.3, 0.4) is 0 Å². The van der Waals surface area contributed by atoms with Gasteiger partial charge in [0.15, 0.2) is 0 Å². The standard InChI is InChI=1S/C13H19ClN2O/c1-10(16-8-7-13(17)15-2)9-11-3-5-12(14)6-4-11/h3-6,10,16H,7-9H2,1-2H3,(H,15,17). The molecule has 0 fully saturated rings. The molecule has 17 heavy (non-hydrogen) atoms. The largest absolute Gasteiger partial charge is 0.359 e. The number of hydrogen-bond donors (Lipinski definition) is 2. The third-order valence-electron chi connectivity index (χ3n) is 2.58. The van der Waals surface area contributed by atoms with Crippen molar-refractivity contribution in [1.82, 2.24) is 10.6 Å². The summed E-state index contributed by atoms with van der Waals surface area (Å²) in [6, 6.07) is 8.20. The van der Waals surface area contributed by atoms with Crippen molar-refractivity contribution < 1.29 is 4.79 Å². The van der Waals surface area contributed by atoms with E-state index < -0.39 is 0 Å². The highest BCUT2D eigenvalue weighted by molar-refractivity contribution is 6.30. The van der Waals surface area contributed by atoms with Crippen LogP contribution in [0, 0.1) is 0 Å². The van der Waals surface area contributed by atoms with E-state index in [4.69, 9.17) is 11.6 Å². The van der Waals surface area contributed by atoms with Gasteiger partial charge in [-0.3, -0.25) is 4.79 Å². The van der Waals surface area contributed by atoms with Gasteiger partial charge in [-0.2, -0.15) is 0 Å². The van der Waals surface area contributed by atoms with Crippen LogP contribution in [-0.4, -0.2) is 25.5 Å². The second kappa shape index (κ2) is 7.30. The molecule has 1 rings (SSSR count). The molecule has 0 spiro atoms. The van der Waals surface area contributed by atoms with E-state index in [1.54, 1.807) is 7.05 Å². The van der Waals surface area contributed by atoms with Gasteiger partial charge in [0.25, 0.3) is 0 Å². The Bertz CT molecular complexity index is 351. The minimum Gasteiger partial charge on any atom is -0.359 e. The molecule has 0 aliphatic carbocycles. The fourth-order valence-electron chi connectivity index (χ4n) is 1.60. The first-order valence-electron chi connectivity index (χ1n) is 5.80. The summed E-state index contributed by atoms with van der Waals surface area (Å²) >= 11 is 5.82. The molecule has 4 heteroatoms. The van der Waals surface area contributed by atoms with Gasteiger partial charge in [0.1, 0.15) is 0 Å². The molecular formula is C13H19ClN2O. The summed E-state index contributed by atoms with van der Waals surface area (Å²) in [4.78, 5) is 11.0. The molecule has 0 aliphatic heterocycles. The van der Waals surface area contributed by atoms with Gasteiger partial charge in [0, 0.05) is 31.1 Å². The van der Waals surface area contributed by atoms with E-state index >= 15 is 0 Å². The molecule has 0 radical (unpaired) electrons. The Morgan fingerprint density at radius 2 is 2.00 bits per heavy atom. The zero-order valence-electron chi connectivity index (χ0n) is 10.3. The zero-order valence-corrected chi connectivity index (χ0v) is 11.1. The van der Waals surface area contributed by atoms with Crippen LogP contribution in [0.4, 0.5) is 0 Å². The first-order valence-corrected chi connectivity index (χ1v) is 6.18. The maximum absolute atomic E-state index is 11.0. The lowest BCUT2D eigenvalue weighted by Crippen LogP contribution is -2.32. The normalized spacial score (nSPS) is 12.2. The number of carbonyl (C=O) groups is 1. The molecule has 0 aliphatic rings. The highest BCUT2D eigenvalue weighted by Crippen LogP contribution is 2.10. The molecule has 1 unspecified atom stereocenters. The van der Waals surface area contributed by atoms with Gasteiger partial charge in [-0.25, -0.2) is 0 Å². The molecule has 0 saturated carbocycles. The molecule has 0 bridgehead atoms. The number of carbonyl (C=O) groups excluding carboxylic acids is 1. The zero-order chi connectivity index (χ0) is 12.7. The van der Waals surface area contributed by atoms with E-state index in [0.717, 1.165) is 11.4 Å². The number of hydrogen-bond acceptors (Lipinski definition) is 2. The van der Waals surface area contributed by atoms with E-state index in [1.165, 1.54) is 5.56 Å². The Kier molecular flexibility index (Phi) is 6.01. The number of rotatable bonds is 6. The molecule has 94 valence electrons. The molecule has 0 heterocycles. The molecule has 1 aromatic rings. The van der Waals surface area contributed by atoms with Crippen LogP contribution in [0.15, 0.2) is 24.3 Å². The van der Waals surface area contributed by atoms with E-state index in [0.29, 0.717) is 19.0 Å². The van der Waals surface area contributed by atoms with Crippen molar-refractivity contribution in [2.75, 3.05) is 13.6 Å². The summed E-state index contributed by atoms with van der Waals surface area (Å²) in [5.74, 6) is 0.0659. The number of benzene rings is 1. The number of halogens is 1. The molecule has 0 aromatic heterocycles. The van der Waals surface area contributed by atoms with Crippen molar-refractivity contribution in [2.24, 2.45) is 0 Å². The molecule has 1 aromatic carbocycles. The minimum atomic E-state index is 0.0659. The van der Waals surface area contributed by atoms with Gasteiger partial charge in [0.2, 0.25) is 5.91 Å². The van der Waals surface area contributed by atoms with Crippen LogP contribution in [0.1, 0.15) is 18.9 Å². The van der Waals surface area contributed by atoms with Gasteiger partial charge in [-0.15, -0.1) is 0 Å². The van der Waals surface area contributed by atoms with E-state index in [9.17, 15) is 4.79 Å². The third kappa shape index (κ3) is 5.71. The van der Waals surface area contributed by atoms with Crippen molar-refractivity contribution in [3.8, 4) is 0 Å². The van der Waals surface area contributed by atoms with Crippen LogP contribution < -0.4 is 10.6 Å². The van der Waals surface area contributed by atoms with E-state index in [1.807, 2.05) is 24.3 Å². The third-order valence-corrected chi connectivity index (χ3v) is 2.83. The molecule has 1 atom stereocenters. The Balaban J connectivity index is 2.27. The number of amides is 1. The van der Waals surface area contributed by atoms with Crippen LogP contribution >= 0.6 is 11.6 Å². The molecule has 1 amide bonds. The van der Waals surface area contributed by atoms with Gasteiger partial charge in [-0.05, 0) is 31.0 Å². The monoisotopic (exact) mass is 254 g/mol. The second-order valence-corrected chi connectivity index (χ2v) is 4.55. The predicted molar refractivity (Wildman–Crippen MR) is 71.3 cm³/mol. The lowest BCUT2D eigenvalue weighted by atomic mass is 10.1. The fraction of sp³-hybridized carbons (Fsp3) is 0.462.